The lowest BCUT2D eigenvalue weighted by molar-refractivity contribution is 0.142. The third-order valence-corrected chi connectivity index (χ3v) is 4.74. The maximum Gasteiger partial charge on any atom is 0.414 e. The van der Waals surface area contributed by atoms with Gasteiger partial charge in [0.15, 0.2) is 0 Å². The molecule has 1 aromatic carbocycles. The monoisotopic (exact) mass is 427 g/mol. The van der Waals surface area contributed by atoms with Gasteiger partial charge >= 0.3 is 6.09 Å². The van der Waals surface area contributed by atoms with Crippen molar-refractivity contribution in [3.8, 4) is 0 Å². The summed E-state index contributed by atoms with van der Waals surface area (Å²) in [6.07, 6.45) is -0.843. The summed E-state index contributed by atoms with van der Waals surface area (Å²) >= 11 is 4.49. The van der Waals surface area contributed by atoms with Gasteiger partial charge in [-0.25, -0.2) is 18.0 Å². The summed E-state index contributed by atoms with van der Waals surface area (Å²) in [5.41, 5.74) is 0.654. The highest BCUT2D eigenvalue weighted by atomic mass is 32.1. The zero-order chi connectivity index (χ0) is 21.0. The molecule has 156 valence electrons. The van der Waals surface area contributed by atoms with Crippen LogP contribution < -0.4 is 15.1 Å². The number of alkyl halides is 2. The molecule has 0 spiro atoms. The fourth-order valence-electron chi connectivity index (χ4n) is 2.97. The summed E-state index contributed by atoms with van der Waals surface area (Å²) in [6, 6.07) is 4.40. The lowest BCUT2D eigenvalue weighted by Gasteiger charge is -2.29. The van der Waals surface area contributed by atoms with Crippen molar-refractivity contribution in [1.82, 2.24) is 10.3 Å². The van der Waals surface area contributed by atoms with Gasteiger partial charge in [0.25, 0.3) is 6.43 Å². The molecule has 0 aromatic heterocycles. The number of thiocarbonyl (C=S) groups is 1. The van der Waals surface area contributed by atoms with E-state index in [1.54, 1.807) is 29.4 Å². The van der Waals surface area contributed by atoms with Gasteiger partial charge in [-0.15, -0.1) is 6.58 Å². The second-order valence-electron chi connectivity index (χ2n) is 6.42. The van der Waals surface area contributed by atoms with Crippen LogP contribution in [0.1, 0.15) is 0 Å². The van der Waals surface area contributed by atoms with Crippen LogP contribution in [0.3, 0.4) is 0 Å². The maximum absolute atomic E-state index is 14.7. The molecule has 11 heteroatoms. The Labute approximate surface area is 171 Å². The highest BCUT2D eigenvalue weighted by Crippen LogP contribution is 2.28. The molecule has 1 fully saturated rings. The Hall–Kier alpha value is -2.82. The average Bonchev–Trinajstić information content (AvgIpc) is 3.07. The summed E-state index contributed by atoms with van der Waals surface area (Å²) in [6.45, 7) is 5.50. The van der Waals surface area contributed by atoms with Crippen LogP contribution in [-0.4, -0.2) is 67.7 Å². The molecule has 0 bridgehead atoms. The van der Waals surface area contributed by atoms with Gasteiger partial charge in [-0.2, -0.15) is 5.10 Å². The molecule has 2 heterocycles. The standard InChI is InChI=1S/C18H20F3N5O2S/c1-2-5-25-7-6-24(11-23-25)15-4-3-12(8-14(15)19)26-10-13(28-18(26)27)9-22-17(29)16(20)21/h2-4,8,11,13,16H,1,5-7,9-10H2,(H,22,29)/t13-/m0/s1. The first-order chi connectivity index (χ1) is 13.9. The molecule has 1 amide bonds. The number of hydrogen-bond donors (Lipinski definition) is 1. The third kappa shape index (κ3) is 4.97. The molecule has 3 rings (SSSR count). The second kappa shape index (κ2) is 9.12. The van der Waals surface area contributed by atoms with Crippen LogP contribution >= 0.6 is 12.2 Å². The van der Waals surface area contributed by atoms with E-state index in [9.17, 15) is 18.0 Å². The first kappa shape index (κ1) is 20.9. The van der Waals surface area contributed by atoms with Crippen molar-refractivity contribution in [1.29, 1.82) is 0 Å². The summed E-state index contributed by atoms with van der Waals surface area (Å²) in [7, 11) is 0. The summed E-state index contributed by atoms with van der Waals surface area (Å²) < 4.78 is 44.7. The van der Waals surface area contributed by atoms with E-state index in [1.807, 2.05) is 5.01 Å². The number of hydrogen-bond acceptors (Lipinski definition) is 6. The molecular weight excluding hydrogens is 407 g/mol. The van der Waals surface area contributed by atoms with Crippen LogP contribution in [0.25, 0.3) is 0 Å². The van der Waals surface area contributed by atoms with Gasteiger partial charge in [0.05, 0.1) is 37.6 Å². The average molecular weight is 427 g/mol. The van der Waals surface area contributed by atoms with Crippen molar-refractivity contribution in [2.75, 3.05) is 42.5 Å². The molecule has 0 saturated carbocycles. The molecule has 0 aliphatic carbocycles. The number of nitrogens with one attached hydrogen (secondary N) is 1. The van der Waals surface area contributed by atoms with E-state index in [-0.39, 0.29) is 13.1 Å². The van der Waals surface area contributed by atoms with E-state index in [0.717, 1.165) is 0 Å². The van der Waals surface area contributed by atoms with Crippen LogP contribution in [0.2, 0.25) is 0 Å². The van der Waals surface area contributed by atoms with Crippen molar-refractivity contribution >= 4 is 41.0 Å². The van der Waals surface area contributed by atoms with Gasteiger partial charge in [-0.1, -0.05) is 18.3 Å². The van der Waals surface area contributed by atoms with E-state index in [2.05, 4.69) is 29.2 Å². The van der Waals surface area contributed by atoms with Crippen molar-refractivity contribution in [2.45, 2.75) is 12.5 Å². The number of hydrazone groups is 1. The van der Waals surface area contributed by atoms with Crippen LogP contribution in [-0.2, 0) is 4.74 Å². The summed E-state index contributed by atoms with van der Waals surface area (Å²) in [5, 5.41) is 8.40. The fourth-order valence-corrected chi connectivity index (χ4v) is 3.05. The molecule has 2 aliphatic heterocycles. The van der Waals surface area contributed by atoms with E-state index in [0.29, 0.717) is 31.0 Å². The molecule has 1 aromatic rings. The number of anilines is 2. The number of cyclic esters (lactones) is 1. The Kier molecular flexibility index (Phi) is 6.57. The van der Waals surface area contributed by atoms with Gasteiger partial charge < -0.3 is 15.0 Å². The SMILES string of the molecule is C=CCN1CCN(c2ccc(N3C[C@H](CNC(=S)C(F)F)OC3=O)cc2F)C=N1. The first-order valence-corrected chi connectivity index (χ1v) is 9.30. The van der Waals surface area contributed by atoms with Crippen molar-refractivity contribution in [3.05, 3.63) is 36.7 Å². The van der Waals surface area contributed by atoms with E-state index >= 15 is 0 Å². The molecule has 2 aliphatic rings. The van der Waals surface area contributed by atoms with Crippen molar-refractivity contribution in [2.24, 2.45) is 5.10 Å². The van der Waals surface area contributed by atoms with Gasteiger partial charge in [-0.05, 0) is 18.2 Å². The Morgan fingerprint density at radius 2 is 2.24 bits per heavy atom. The number of amides is 1. The minimum absolute atomic E-state index is 0.0442. The number of rotatable bonds is 7. The van der Waals surface area contributed by atoms with Crippen molar-refractivity contribution in [3.63, 3.8) is 0 Å². The first-order valence-electron chi connectivity index (χ1n) is 8.89. The lowest BCUT2D eigenvalue weighted by atomic mass is 10.2. The minimum atomic E-state index is -2.78. The molecular formula is C18H20F3N5O2S. The quantitative estimate of drug-likeness (QED) is 0.533. The van der Waals surface area contributed by atoms with Gasteiger partial charge in [0.1, 0.15) is 23.2 Å². The minimum Gasteiger partial charge on any atom is -0.442 e. The van der Waals surface area contributed by atoms with Crippen LogP contribution in [0.15, 0.2) is 36.0 Å². The molecule has 29 heavy (non-hydrogen) atoms. The van der Waals surface area contributed by atoms with Crippen LogP contribution in [0.5, 0.6) is 0 Å². The smallest absolute Gasteiger partial charge is 0.414 e. The number of benzene rings is 1. The molecule has 7 nitrogen and oxygen atoms in total. The summed E-state index contributed by atoms with van der Waals surface area (Å²) in [5.74, 6) is -0.514. The Morgan fingerprint density at radius 1 is 1.45 bits per heavy atom. The van der Waals surface area contributed by atoms with Gasteiger partial charge in [0, 0.05) is 6.54 Å². The zero-order valence-electron chi connectivity index (χ0n) is 15.4. The second-order valence-corrected chi connectivity index (χ2v) is 6.86. The fraction of sp³-hybridized carbons (Fsp3) is 0.389. The Morgan fingerprint density at radius 3 is 2.86 bits per heavy atom. The predicted molar refractivity (Wildman–Crippen MR) is 108 cm³/mol. The Bertz CT molecular complexity index is 823. The molecule has 1 N–H and O–H groups in total. The summed E-state index contributed by atoms with van der Waals surface area (Å²) in [4.78, 5) is 14.4. The maximum atomic E-state index is 14.7. The zero-order valence-corrected chi connectivity index (χ0v) is 16.2. The molecule has 1 atom stereocenters. The molecule has 0 unspecified atom stereocenters. The highest BCUT2D eigenvalue weighted by molar-refractivity contribution is 7.80. The van der Waals surface area contributed by atoms with Gasteiger partial charge in [0.2, 0.25) is 0 Å². The van der Waals surface area contributed by atoms with Crippen LogP contribution in [0.4, 0.5) is 29.3 Å². The normalized spacial score (nSPS) is 19.0. The van der Waals surface area contributed by atoms with Crippen molar-refractivity contribution < 1.29 is 22.7 Å². The number of halogens is 3. The highest BCUT2D eigenvalue weighted by Gasteiger charge is 2.33. The predicted octanol–water partition coefficient (Wildman–Crippen LogP) is 2.58. The molecule has 1 saturated heterocycles. The van der Waals surface area contributed by atoms with Crippen LogP contribution in [0, 0.1) is 5.82 Å². The van der Waals surface area contributed by atoms with E-state index in [4.69, 9.17) is 4.74 Å². The number of nitrogens with zero attached hydrogens (tertiary/aromatic N) is 4. The van der Waals surface area contributed by atoms with E-state index in [1.165, 1.54) is 11.0 Å². The number of carbonyl (C=O) groups is 1. The molecule has 0 radical (unpaired) electrons. The number of carbonyl (C=O) groups excluding carboxylic acids is 1. The lowest BCUT2D eigenvalue weighted by Crippen LogP contribution is -2.38. The third-order valence-electron chi connectivity index (χ3n) is 4.42. The Balaban J connectivity index is 1.64. The van der Waals surface area contributed by atoms with E-state index < -0.39 is 29.4 Å². The van der Waals surface area contributed by atoms with Gasteiger partial charge in [-0.3, -0.25) is 9.91 Å². The number of ether oxygens (including phenoxy) is 1. The topological polar surface area (TPSA) is 60.4 Å². The largest absolute Gasteiger partial charge is 0.442 e.